The van der Waals surface area contributed by atoms with Crippen LogP contribution in [-0.4, -0.2) is 56.7 Å². The molecule has 1 aliphatic rings. The third kappa shape index (κ3) is 3.87. The molecule has 8 heteroatoms. The van der Waals surface area contributed by atoms with Gasteiger partial charge in [0, 0.05) is 51.5 Å². The third-order valence-corrected chi connectivity index (χ3v) is 4.26. The molecule has 1 fully saturated rings. The lowest BCUT2D eigenvalue weighted by molar-refractivity contribution is -0.130. The minimum atomic E-state index is -0.444. The van der Waals surface area contributed by atoms with E-state index >= 15 is 0 Å². The van der Waals surface area contributed by atoms with Gasteiger partial charge in [-0.15, -0.1) is 0 Å². The smallest absolute Gasteiger partial charge is 0.225 e. The van der Waals surface area contributed by atoms with Gasteiger partial charge >= 0.3 is 0 Å². The SMILES string of the molecule is Cn1nccc1CCC(=O)N1CCCN(c2ncc(F)cn2)CC1. The Labute approximate surface area is 140 Å². The monoisotopic (exact) mass is 332 g/mol. The summed E-state index contributed by atoms with van der Waals surface area (Å²) in [5, 5.41) is 4.12. The molecule has 1 aliphatic heterocycles. The quantitative estimate of drug-likeness (QED) is 0.836. The van der Waals surface area contributed by atoms with Crippen molar-refractivity contribution in [3.63, 3.8) is 0 Å². The Hall–Kier alpha value is -2.51. The predicted octanol–water partition coefficient (Wildman–Crippen LogP) is 1.02. The first-order chi connectivity index (χ1) is 11.6. The highest BCUT2D eigenvalue weighted by Gasteiger charge is 2.20. The molecule has 1 amide bonds. The molecule has 0 spiro atoms. The number of nitrogens with zero attached hydrogens (tertiary/aromatic N) is 6. The van der Waals surface area contributed by atoms with Crippen molar-refractivity contribution < 1.29 is 9.18 Å². The average molecular weight is 332 g/mol. The van der Waals surface area contributed by atoms with Crippen LogP contribution in [-0.2, 0) is 18.3 Å². The van der Waals surface area contributed by atoms with Crippen molar-refractivity contribution in [3.05, 3.63) is 36.2 Å². The molecule has 0 aliphatic carbocycles. The van der Waals surface area contributed by atoms with Crippen molar-refractivity contribution in [1.29, 1.82) is 0 Å². The zero-order valence-corrected chi connectivity index (χ0v) is 13.7. The summed E-state index contributed by atoms with van der Waals surface area (Å²) in [5.41, 5.74) is 1.06. The molecule has 0 radical (unpaired) electrons. The Balaban J connectivity index is 1.54. The van der Waals surface area contributed by atoms with E-state index in [-0.39, 0.29) is 5.91 Å². The van der Waals surface area contributed by atoms with Crippen molar-refractivity contribution in [2.45, 2.75) is 19.3 Å². The number of carbonyl (C=O) groups excluding carboxylic acids is 1. The van der Waals surface area contributed by atoms with E-state index < -0.39 is 5.82 Å². The second-order valence-electron chi connectivity index (χ2n) is 5.87. The molecule has 3 heterocycles. The van der Waals surface area contributed by atoms with Gasteiger partial charge in [0.1, 0.15) is 0 Å². The van der Waals surface area contributed by atoms with Crippen LogP contribution in [0, 0.1) is 5.82 Å². The molecule has 0 saturated carbocycles. The largest absolute Gasteiger partial charge is 0.341 e. The third-order valence-electron chi connectivity index (χ3n) is 4.26. The number of amides is 1. The fourth-order valence-corrected chi connectivity index (χ4v) is 2.88. The van der Waals surface area contributed by atoms with Crippen LogP contribution >= 0.6 is 0 Å². The normalized spacial score (nSPS) is 15.4. The maximum Gasteiger partial charge on any atom is 0.225 e. The first-order valence-electron chi connectivity index (χ1n) is 8.10. The van der Waals surface area contributed by atoms with E-state index in [2.05, 4.69) is 15.1 Å². The summed E-state index contributed by atoms with van der Waals surface area (Å²) in [6, 6.07) is 1.93. The van der Waals surface area contributed by atoms with Crippen LogP contribution in [0.25, 0.3) is 0 Å². The van der Waals surface area contributed by atoms with E-state index in [9.17, 15) is 9.18 Å². The van der Waals surface area contributed by atoms with E-state index in [1.807, 2.05) is 22.9 Å². The molecule has 0 unspecified atom stereocenters. The summed E-state index contributed by atoms with van der Waals surface area (Å²) >= 11 is 0. The Morgan fingerprint density at radius 3 is 2.71 bits per heavy atom. The van der Waals surface area contributed by atoms with Crippen molar-refractivity contribution in [2.75, 3.05) is 31.1 Å². The Morgan fingerprint density at radius 1 is 1.21 bits per heavy atom. The van der Waals surface area contributed by atoms with E-state index in [0.717, 1.165) is 25.2 Å². The second-order valence-corrected chi connectivity index (χ2v) is 5.87. The van der Waals surface area contributed by atoms with Gasteiger partial charge < -0.3 is 9.80 Å². The fourth-order valence-electron chi connectivity index (χ4n) is 2.88. The number of halogens is 1. The lowest BCUT2D eigenvalue weighted by Crippen LogP contribution is -2.35. The molecule has 0 aromatic carbocycles. The molecule has 7 nitrogen and oxygen atoms in total. The van der Waals surface area contributed by atoms with Gasteiger partial charge in [0.05, 0.1) is 12.4 Å². The molecule has 0 atom stereocenters. The first-order valence-corrected chi connectivity index (χ1v) is 8.10. The van der Waals surface area contributed by atoms with Crippen molar-refractivity contribution in [1.82, 2.24) is 24.6 Å². The van der Waals surface area contributed by atoms with Crippen LogP contribution in [0.2, 0.25) is 0 Å². The highest BCUT2D eigenvalue weighted by atomic mass is 19.1. The predicted molar refractivity (Wildman–Crippen MR) is 86.9 cm³/mol. The van der Waals surface area contributed by atoms with Gasteiger partial charge in [-0.3, -0.25) is 9.48 Å². The molecule has 24 heavy (non-hydrogen) atoms. The Bertz CT molecular complexity index is 686. The molecule has 0 bridgehead atoms. The van der Waals surface area contributed by atoms with Crippen molar-refractivity contribution >= 4 is 11.9 Å². The van der Waals surface area contributed by atoms with Gasteiger partial charge in [0.15, 0.2) is 5.82 Å². The summed E-state index contributed by atoms with van der Waals surface area (Å²) in [6.07, 6.45) is 6.10. The highest BCUT2D eigenvalue weighted by Crippen LogP contribution is 2.12. The molecule has 0 N–H and O–H groups in total. The van der Waals surface area contributed by atoms with Gasteiger partial charge in [-0.25, -0.2) is 14.4 Å². The molecule has 1 saturated heterocycles. The summed E-state index contributed by atoms with van der Waals surface area (Å²) in [7, 11) is 1.88. The molecule has 2 aromatic heterocycles. The Kier molecular flexibility index (Phi) is 5.02. The first kappa shape index (κ1) is 16.4. The van der Waals surface area contributed by atoms with E-state index in [4.69, 9.17) is 0 Å². The summed E-state index contributed by atoms with van der Waals surface area (Å²) in [6.45, 7) is 2.77. The van der Waals surface area contributed by atoms with Gasteiger partial charge in [-0.2, -0.15) is 5.10 Å². The topological polar surface area (TPSA) is 67.2 Å². The van der Waals surface area contributed by atoms with Crippen molar-refractivity contribution in [2.24, 2.45) is 7.05 Å². The zero-order valence-electron chi connectivity index (χ0n) is 13.7. The van der Waals surface area contributed by atoms with Crippen LogP contribution < -0.4 is 4.90 Å². The molecule has 2 aromatic rings. The number of aromatic nitrogens is 4. The number of carbonyl (C=O) groups is 1. The minimum Gasteiger partial charge on any atom is -0.341 e. The van der Waals surface area contributed by atoms with E-state index in [1.165, 1.54) is 12.4 Å². The summed E-state index contributed by atoms with van der Waals surface area (Å²) < 4.78 is 14.7. The maximum absolute atomic E-state index is 12.9. The van der Waals surface area contributed by atoms with Crippen LogP contribution in [0.15, 0.2) is 24.7 Å². The number of anilines is 1. The van der Waals surface area contributed by atoms with E-state index in [1.54, 1.807) is 10.9 Å². The number of rotatable bonds is 4. The summed E-state index contributed by atoms with van der Waals surface area (Å²) in [5.74, 6) is 0.221. The number of hydrogen-bond acceptors (Lipinski definition) is 5. The highest BCUT2D eigenvalue weighted by molar-refractivity contribution is 5.76. The van der Waals surface area contributed by atoms with Crippen LogP contribution in [0.5, 0.6) is 0 Å². The van der Waals surface area contributed by atoms with Crippen LogP contribution in [0.1, 0.15) is 18.5 Å². The molecular formula is C16H21FN6O. The summed E-state index contributed by atoms with van der Waals surface area (Å²) in [4.78, 5) is 24.4. The van der Waals surface area contributed by atoms with Crippen molar-refractivity contribution in [3.8, 4) is 0 Å². The van der Waals surface area contributed by atoms with Crippen LogP contribution in [0.4, 0.5) is 10.3 Å². The van der Waals surface area contributed by atoms with Crippen LogP contribution in [0.3, 0.4) is 0 Å². The van der Waals surface area contributed by atoms with E-state index in [0.29, 0.717) is 31.9 Å². The lowest BCUT2D eigenvalue weighted by Gasteiger charge is -2.22. The average Bonchev–Trinajstić information content (AvgIpc) is 2.84. The zero-order chi connectivity index (χ0) is 16.9. The van der Waals surface area contributed by atoms with Gasteiger partial charge in [0.25, 0.3) is 0 Å². The second kappa shape index (κ2) is 7.37. The number of aryl methyl sites for hydroxylation is 2. The molecule has 128 valence electrons. The van der Waals surface area contributed by atoms with Gasteiger partial charge in [-0.05, 0) is 18.9 Å². The lowest BCUT2D eigenvalue weighted by atomic mass is 10.2. The Morgan fingerprint density at radius 2 is 2.00 bits per heavy atom. The molecular weight excluding hydrogens is 311 g/mol. The maximum atomic E-state index is 12.9. The van der Waals surface area contributed by atoms with Gasteiger partial charge in [-0.1, -0.05) is 0 Å². The molecule has 3 rings (SSSR count). The number of hydrogen-bond donors (Lipinski definition) is 0. The van der Waals surface area contributed by atoms with Gasteiger partial charge in [0.2, 0.25) is 11.9 Å². The fraction of sp³-hybridized carbons (Fsp3) is 0.500. The minimum absolute atomic E-state index is 0.151. The standard InChI is InChI=1S/C16H21FN6O/c1-21-14(5-6-20-21)3-4-15(24)22-7-2-8-23(10-9-22)16-18-11-13(17)12-19-16/h5-6,11-12H,2-4,7-10H2,1H3.